The molecule has 14 heavy (non-hydrogen) atoms. The van der Waals surface area contributed by atoms with E-state index in [4.69, 9.17) is 9.47 Å². The minimum atomic E-state index is -0.476. The first-order valence-electron chi connectivity index (χ1n) is 4.63. The quantitative estimate of drug-likeness (QED) is 0.801. The maximum atomic E-state index is 9.68. The van der Waals surface area contributed by atoms with Gasteiger partial charge in [-0.1, -0.05) is 6.92 Å². The summed E-state index contributed by atoms with van der Waals surface area (Å²) in [7, 11) is 3.19. The Labute approximate surface area is 84.3 Å². The van der Waals surface area contributed by atoms with Gasteiger partial charge in [0.05, 0.1) is 20.3 Å². The summed E-state index contributed by atoms with van der Waals surface area (Å²) in [5, 5.41) is 9.68. The zero-order chi connectivity index (χ0) is 10.6. The molecule has 1 aromatic carbocycles. The van der Waals surface area contributed by atoms with Crippen LogP contribution in [0.1, 0.15) is 25.0 Å². The molecular weight excluding hydrogens is 180 g/mol. The molecular formula is C11H16O3. The smallest absolute Gasteiger partial charge is 0.128 e. The van der Waals surface area contributed by atoms with Gasteiger partial charge in [-0.2, -0.15) is 0 Å². The lowest BCUT2D eigenvalue weighted by Gasteiger charge is -2.13. The van der Waals surface area contributed by atoms with Crippen LogP contribution in [0.2, 0.25) is 0 Å². The highest BCUT2D eigenvalue weighted by Crippen LogP contribution is 2.30. The van der Waals surface area contributed by atoms with E-state index in [0.717, 1.165) is 11.3 Å². The number of aliphatic hydroxyl groups is 1. The molecule has 0 aliphatic carbocycles. The van der Waals surface area contributed by atoms with Crippen molar-refractivity contribution < 1.29 is 14.6 Å². The molecule has 3 nitrogen and oxygen atoms in total. The first-order valence-corrected chi connectivity index (χ1v) is 4.63. The van der Waals surface area contributed by atoms with Crippen LogP contribution in [0.3, 0.4) is 0 Å². The summed E-state index contributed by atoms with van der Waals surface area (Å²) in [5.74, 6) is 1.40. The number of methoxy groups -OCH3 is 2. The lowest BCUT2D eigenvalue weighted by Crippen LogP contribution is -1.99. The van der Waals surface area contributed by atoms with Crippen molar-refractivity contribution in [1.29, 1.82) is 0 Å². The van der Waals surface area contributed by atoms with Crippen molar-refractivity contribution in [2.75, 3.05) is 14.2 Å². The van der Waals surface area contributed by atoms with E-state index < -0.39 is 6.10 Å². The Hall–Kier alpha value is -1.22. The summed E-state index contributed by atoms with van der Waals surface area (Å²) in [6.07, 6.45) is 0.193. The van der Waals surface area contributed by atoms with E-state index in [0.29, 0.717) is 12.2 Å². The normalized spacial score (nSPS) is 12.3. The second kappa shape index (κ2) is 4.86. The molecule has 1 aromatic rings. The highest BCUT2D eigenvalue weighted by Gasteiger charge is 2.11. The van der Waals surface area contributed by atoms with Gasteiger partial charge in [0, 0.05) is 11.6 Å². The van der Waals surface area contributed by atoms with Gasteiger partial charge in [0.1, 0.15) is 11.5 Å². The predicted molar refractivity (Wildman–Crippen MR) is 54.8 cm³/mol. The summed E-state index contributed by atoms with van der Waals surface area (Å²) < 4.78 is 10.2. The molecule has 0 unspecified atom stereocenters. The van der Waals surface area contributed by atoms with Gasteiger partial charge in [-0.25, -0.2) is 0 Å². The number of aliphatic hydroxyl groups excluding tert-OH is 1. The second-order valence-corrected chi connectivity index (χ2v) is 3.03. The van der Waals surface area contributed by atoms with Crippen LogP contribution in [-0.4, -0.2) is 19.3 Å². The Morgan fingerprint density at radius 1 is 1.29 bits per heavy atom. The number of benzene rings is 1. The fourth-order valence-corrected chi connectivity index (χ4v) is 1.31. The molecule has 0 aromatic heterocycles. The van der Waals surface area contributed by atoms with Crippen LogP contribution in [0.15, 0.2) is 18.2 Å². The van der Waals surface area contributed by atoms with E-state index in [1.165, 1.54) is 0 Å². The molecule has 0 spiro atoms. The molecule has 0 radical (unpaired) electrons. The van der Waals surface area contributed by atoms with Gasteiger partial charge in [-0.3, -0.25) is 0 Å². The standard InChI is InChI=1S/C11H16O3/c1-4-10(12)9-6-5-8(13-2)7-11(9)14-3/h5-7,10,12H,4H2,1-3H3/t10-/m1/s1. The Morgan fingerprint density at radius 3 is 2.50 bits per heavy atom. The monoisotopic (exact) mass is 196 g/mol. The van der Waals surface area contributed by atoms with Crippen LogP contribution in [0.25, 0.3) is 0 Å². The lowest BCUT2D eigenvalue weighted by molar-refractivity contribution is 0.169. The third kappa shape index (κ3) is 2.17. The number of rotatable bonds is 4. The Balaban J connectivity index is 3.04. The molecule has 0 aliphatic heterocycles. The van der Waals surface area contributed by atoms with Crippen molar-refractivity contribution >= 4 is 0 Å². The summed E-state index contributed by atoms with van der Waals surface area (Å²) in [6, 6.07) is 5.41. The molecule has 0 fully saturated rings. The van der Waals surface area contributed by atoms with Crippen molar-refractivity contribution in [3.05, 3.63) is 23.8 Å². The number of ether oxygens (including phenoxy) is 2. The van der Waals surface area contributed by atoms with Gasteiger partial charge in [0.15, 0.2) is 0 Å². The highest BCUT2D eigenvalue weighted by molar-refractivity contribution is 5.41. The largest absolute Gasteiger partial charge is 0.497 e. The Kier molecular flexibility index (Phi) is 3.77. The molecule has 1 atom stereocenters. The first-order chi connectivity index (χ1) is 6.72. The second-order valence-electron chi connectivity index (χ2n) is 3.03. The molecule has 0 heterocycles. The van der Waals surface area contributed by atoms with E-state index in [9.17, 15) is 5.11 Å². The molecule has 0 bridgehead atoms. The van der Waals surface area contributed by atoms with Gasteiger partial charge in [-0.05, 0) is 18.6 Å². The van der Waals surface area contributed by atoms with Crippen molar-refractivity contribution in [3.8, 4) is 11.5 Å². The SMILES string of the molecule is CC[C@@H](O)c1ccc(OC)cc1OC. The summed E-state index contributed by atoms with van der Waals surface area (Å²) in [5.41, 5.74) is 0.802. The fraction of sp³-hybridized carbons (Fsp3) is 0.455. The van der Waals surface area contributed by atoms with Crippen molar-refractivity contribution in [3.63, 3.8) is 0 Å². The zero-order valence-corrected chi connectivity index (χ0v) is 8.78. The minimum absolute atomic E-state index is 0.476. The van der Waals surface area contributed by atoms with Gasteiger partial charge in [0.25, 0.3) is 0 Å². The Morgan fingerprint density at radius 2 is 2.00 bits per heavy atom. The van der Waals surface area contributed by atoms with Gasteiger partial charge in [0.2, 0.25) is 0 Å². The van der Waals surface area contributed by atoms with Crippen molar-refractivity contribution in [1.82, 2.24) is 0 Å². The van der Waals surface area contributed by atoms with Crippen LogP contribution in [0.4, 0.5) is 0 Å². The third-order valence-corrected chi connectivity index (χ3v) is 2.19. The minimum Gasteiger partial charge on any atom is -0.497 e. The van der Waals surface area contributed by atoms with Gasteiger partial charge < -0.3 is 14.6 Å². The topological polar surface area (TPSA) is 38.7 Å². The molecule has 0 saturated carbocycles. The van der Waals surface area contributed by atoms with Gasteiger partial charge in [-0.15, -0.1) is 0 Å². The number of hydrogen-bond acceptors (Lipinski definition) is 3. The van der Waals surface area contributed by atoms with E-state index in [1.54, 1.807) is 20.3 Å². The third-order valence-electron chi connectivity index (χ3n) is 2.19. The molecule has 0 aliphatic rings. The summed E-state index contributed by atoms with van der Waals surface area (Å²) >= 11 is 0. The molecule has 0 amide bonds. The lowest BCUT2D eigenvalue weighted by atomic mass is 10.1. The average molecular weight is 196 g/mol. The maximum absolute atomic E-state index is 9.68. The molecule has 0 saturated heterocycles. The number of hydrogen-bond donors (Lipinski definition) is 1. The molecule has 1 N–H and O–H groups in total. The zero-order valence-electron chi connectivity index (χ0n) is 8.78. The maximum Gasteiger partial charge on any atom is 0.128 e. The van der Waals surface area contributed by atoms with E-state index in [1.807, 2.05) is 19.1 Å². The van der Waals surface area contributed by atoms with Crippen LogP contribution < -0.4 is 9.47 Å². The first kappa shape index (κ1) is 10.9. The predicted octanol–water partition coefficient (Wildman–Crippen LogP) is 2.15. The van der Waals surface area contributed by atoms with Crippen molar-refractivity contribution in [2.24, 2.45) is 0 Å². The van der Waals surface area contributed by atoms with E-state index in [-0.39, 0.29) is 0 Å². The van der Waals surface area contributed by atoms with Gasteiger partial charge >= 0.3 is 0 Å². The average Bonchev–Trinajstić information content (AvgIpc) is 2.27. The van der Waals surface area contributed by atoms with Crippen LogP contribution in [0.5, 0.6) is 11.5 Å². The molecule has 1 rings (SSSR count). The van der Waals surface area contributed by atoms with Crippen LogP contribution in [-0.2, 0) is 0 Å². The van der Waals surface area contributed by atoms with Crippen LogP contribution in [0, 0.1) is 0 Å². The Bertz CT molecular complexity index is 297. The summed E-state index contributed by atoms with van der Waals surface area (Å²) in [4.78, 5) is 0. The van der Waals surface area contributed by atoms with E-state index in [2.05, 4.69) is 0 Å². The highest BCUT2D eigenvalue weighted by atomic mass is 16.5. The van der Waals surface area contributed by atoms with Crippen molar-refractivity contribution in [2.45, 2.75) is 19.4 Å². The summed E-state index contributed by atoms with van der Waals surface area (Å²) in [6.45, 7) is 1.92. The van der Waals surface area contributed by atoms with Crippen LogP contribution >= 0.6 is 0 Å². The fourth-order valence-electron chi connectivity index (χ4n) is 1.31. The van der Waals surface area contributed by atoms with E-state index >= 15 is 0 Å². The molecule has 78 valence electrons. The molecule has 3 heteroatoms.